The van der Waals surface area contributed by atoms with E-state index in [1.807, 2.05) is 10.7 Å². The average Bonchev–Trinajstić information content (AvgIpc) is 3.58. The van der Waals surface area contributed by atoms with Gasteiger partial charge in [0.1, 0.15) is 16.6 Å². The molecule has 0 bridgehead atoms. The Bertz CT molecular complexity index is 2030. The minimum atomic E-state index is 0.00212. The largest absolute Gasteiger partial charge is 0.236 e. The van der Waals surface area contributed by atoms with E-state index in [-0.39, 0.29) is 12.0 Å². The minimum Gasteiger partial charge on any atom is -0.236 e. The molecule has 7 aromatic rings. The molecule has 6 heteroatoms. The molecule has 2 unspecified atom stereocenters. The molecule has 1 aliphatic carbocycles. The number of hydrogen-bond acceptors (Lipinski definition) is 4. The first-order valence-electron chi connectivity index (χ1n) is 12.6. The second-order valence-corrected chi connectivity index (χ2v) is 9.79. The maximum atomic E-state index is 4.70. The molecule has 6 nitrogen and oxygen atoms in total. The van der Waals surface area contributed by atoms with Crippen LogP contribution in [0.1, 0.15) is 24.1 Å². The molecule has 0 radical (unpaired) electrons. The molecule has 2 aromatic heterocycles. The molecule has 0 saturated heterocycles. The fourth-order valence-electron chi connectivity index (χ4n) is 5.94. The molecule has 8 rings (SSSR count). The third-order valence-corrected chi connectivity index (χ3v) is 7.68. The van der Waals surface area contributed by atoms with E-state index < -0.39 is 0 Å². The molecule has 0 N–H and O–H groups in total. The summed E-state index contributed by atoms with van der Waals surface area (Å²) in [6, 6.07) is 31.6. The Morgan fingerprint density at radius 1 is 0.649 bits per heavy atom. The summed E-state index contributed by atoms with van der Waals surface area (Å²) in [6.07, 6.45) is 4.49. The second-order valence-electron chi connectivity index (χ2n) is 9.79. The van der Waals surface area contributed by atoms with Crippen LogP contribution in [0.25, 0.3) is 55.4 Å². The van der Waals surface area contributed by atoms with Gasteiger partial charge >= 0.3 is 0 Å². The van der Waals surface area contributed by atoms with Crippen LogP contribution in [0.4, 0.5) is 0 Å². The van der Waals surface area contributed by atoms with Gasteiger partial charge in [-0.15, -0.1) is 10.2 Å². The van der Waals surface area contributed by atoms with Crippen molar-refractivity contribution in [3.05, 3.63) is 108 Å². The van der Waals surface area contributed by atoms with E-state index in [0.717, 1.165) is 44.1 Å². The Labute approximate surface area is 212 Å². The highest BCUT2D eigenvalue weighted by molar-refractivity contribution is 6.05. The zero-order chi connectivity index (χ0) is 24.5. The van der Waals surface area contributed by atoms with Gasteiger partial charge in [-0.3, -0.25) is 0 Å². The van der Waals surface area contributed by atoms with Crippen LogP contribution in [0.15, 0.2) is 97.1 Å². The topological polar surface area (TPSA) is 61.4 Å². The molecule has 2 heterocycles. The van der Waals surface area contributed by atoms with Crippen molar-refractivity contribution < 1.29 is 0 Å². The highest BCUT2D eigenvalue weighted by Crippen LogP contribution is 2.40. The molecule has 5 aromatic carbocycles. The third kappa shape index (κ3) is 2.87. The Balaban J connectivity index is 1.38. The van der Waals surface area contributed by atoms with Gasteiger partial charge in [-0.05, 0) is 34.5 Å². The molecule has 0 amide bonds. The number of rotatable bonds is 2. The van der Waals surface area contributed by atoms with Gasteiger partial charge in [-0.2, -0.15) is 0 Å². The Hall–Kier alpha value is -4.84. The van der Waals surface area contributed by atoms with Crippen LogP contribution in [0, 0.1) is 5.92 Å². The van der Waals surface area contributed by atoms with E-state index >= 15 is 0 Å². The van der Waals surface area contributed by atoms with E-state index in [2.05, 4.69) is 124 Å². The quantitative estimate of drug-likeness (QED) is 0.277. The first-order chi connectivity index (χ1) is 18.3. The van der Waals surface area contributed by atoms with Crippen molar-refractivity contribution in [2.24, 2.45) is 5.92 Å². The highest BCUT2D eigenvalue weighted by atomic mass is 15.4. The van der Waals surface area contributed by atoms with Crippen molar-refractivity contribution in [2.45, 2.75) is 13.0 Å². The Morgan fingerprint density at radius 3 is 2.11 bits per heavy atom. The van der Waals surface area contributed by atoms with Gasteiger partial charge in [0, 0.05) is 22.3 Å². The molecule has 1 aliphatic rings. The summed E-state index contributed by atoms with van der Waals surface area (Å²) in [5.41, 5.74) is 7.23. The van der Waals surface area contributed by atoms with Crippen LogP contribution < -0.4 is 0 Å². The van der Waals surface area contributed by atoms with Crippen molar-refractivity contribution in [3.8, 4) is 5.69 Å². The molecule has 0 aliphatic heterocycles. The van der Waals surface area contributed by atoms with Gasteiger partial charge in [0.25, 0.3) is 0 Å². The fraction of sp³-hybridized carbons (Fsp3) is 0.0968. The van der Waals surface area contributed by atoms with Crippen molar-refractivity contribution in [3.63, 3.8) is 0 Å². The lowest BCUT2D eigenvalue weighted by atomic mass is 9.84. The molecule has 0 fully saturated rings. The van der Waals surface area contributed by atoms with E-state index in [4.69, 9.17) is 5.21 Å². The van der Waals surface area contributed by atoms with Crippen LogP contribution in [0.5, 0.6) is 0 Å². The second kappa shape index (κ2) is 7.58. The summed E-state index contributed by atoms with van der Waals surface area (Å²) in [4.78, 5) is 0. The number of hydrogen-bond donors (Lipinski definition) is 0. The standard InChI is InChI=1S/C31H22N6/c1-19-13-16-24-25(29(19)37-31-23-10-5-3-8-21(23)15-18-27(31)33-35-37)11-6-12-28(24)36-30-22-9-4-2-7-20(22)14-17-26(30)32-34-36/h2-19,29H,1H3. The van der Waals surface area contributed by atoms with Crippen LogP contribution >= 0.6 is 0 Å². The van der Waals surface area contributed by atoms with E-state index in [9.17, 15) is 0 Å². The van der Waals surface area contributed by atoms with Crippen LogP contribution in [0.2, 0.25) is 0 Å². The number of aromatic nitrogens is 6. The SMILES string of the molecule is CC1C=Cc2c(cccc2-n2nnc3ccc4ccccc4c32)C1n1nnc2ccc3ccccc3c21. The van der Waals surface area contributed by atoms with Crippen molar-refractivity contribution in [2.75, 3.05) is 0 Å². The van der Waals surface area contributed by atoms with Crippen molar-refractivity contribution >= 4 is 49.7 Å². The normalized spacial score (nSPS) is 17.2. The molecular weight excluding hydrogens is 456 g/mol. The van der Waals surface area contributed by atoms with Crippen LogP contribution in [-0.2, 0) is 0 Å². The van der Waals surface area contributed by atoms with Crippen molar-refractivity contribution in [1.82, 2.24) is 30.0 Å². The fourth-order valence-corrected chi connectivity index (χ4v) is 5.94. The summed E-state index contributed by atoms with van der Waals surface area (Å²) in [5.74, 6) is 0.236. The predicted molar refractivity (Wildman–Crippen MR) is 148 cm³/mol. The summed E-state index contributed by atoms with van der Waals surface area (Å²) in [5, 5.41) is 23.1. The van der Waals surface area contributed by atoms with Gasteiger partial charge in [-0.25, -0.2) is 9.36 Å². The zero-order valence-corrected chi connectivity index (χ0v) is 20.2. The first-order valence-corrected chi connectivity index (χ1v) is 12.6. The number of allylic oxidation sites excluding steroid dienone is 1. The smallest absolute Gasteiger partial charge is 0.114 e. The summed E-state index contributed by atoms with van der Waals surface area (Å²) < 4.78 is 4.10. The molecule has 2 atom stereocenters. The zero-order valence-electron chi connectivity index (χ0n) is 20.2. The van der Waals surface area contributed by atoms with Gasteiger partial charge in [-0.1, -0.05) is 102 Å². The number of nitrogens with zero attached hydrogens (tertiary/aromatic N) is 6. The molecular formula is C31H22N6. The van der Waals surface area contributed by atoms with Gasteiger partial charge in [0.15, 0.2) is 0 Å². The maximum Gasteiger partial charge on any atom is 0.114 e. The summed E-state index contributed by atoms with van der Waals surface area (Å²) >= 11 is 0. The predicted octanol–water partition coefficient (Wildman–Crippen LogP) is 6.72. The number of fused-ring (bicyclic) bond motifs is 7. The molecule has 176 valence electrons. The van der Waals surface area contributed by atoms with Gasteiger partial charge in [0.05, 0.1) is 17.2 Å². The summed E-state index contributed by atoms with van der Waals surface area (Å²) in [6.45, 7) is 2.24. The van der Waals surface area contributed by atoms with Gasteiger partial charge < -0.3 is 0 Å². The van der Waals surface area contributed by atoms with Crippen LogP contribution in [-0.4, -0.2) is 30.0 Å². The Kier molecular flexibility index (Phi) is 4.17. The molecule has 37 heavy (non-hydrogen) atoms. The lowest BCUT2D eigenvalue weighted by molar-refractivity contribution is 0.432. The highest BCUT2D eigenvalue weighted by Gasteiger charge is 2.30. The van der Waals surface area contributed by atoms with Gasteiger partial charge in [0.2, 0.25) is 0 Å². The number of benzene rings is 5. The lowest BCUT2D eigenvalue weighted by Crippen LogP contribution is -2.23. The van der Waals surface area contributed by atoms with E-state index in [0.29, 0.717) is 0 Å². The minimum absolute atomic E-state index is 0.00212. The lowest BCUT2D eigenvalue weighted by Gasteiger charge is -2.29. The van der Waals surface area contributed by atoms with Crippen LogP contribution in [0.3, 0.4) is 0 Å². The average molecular weight is 479 g/mol. The maximum absolute atomic E-state index is 4.70. The Morgan fingerprint density at radius 2 is 1.32 bits per heavy atom. The van der Waals surface area contributed by atoms with E-state index in [1.54, 1.807) is 0 Å². The third-order valence-electron chi connectivity index (χ3n) is 7.68. The van der Waals surface area contributed by atoms with E-state index in [1.165, 1.54) is 16.3 Å². The van der Waals surface area contributed by atoms with Crippen molar-refractivity contribution in [1.29, 1.82) is 0 Å². The first kappa shape index (κ1) is 20.4. The molecule has 0 spiro atoms. The molecule has 0 saturated carbocycles. The summed E-state index contributed by atoms with van der Waals surface area (Å²) in [7, 11) is 0. The monoisotopic (exact) mass is 478 g/mol.